The highest BCUT2D eigenvalue weighted by Crippen LogP contribution is 2.24. The Labute approximate surface area is 132 Å². The number of amides is 1. The summed E-state index contributed by atoms with van der Waals surface area (Å²) in [5, 5.41) is 5.59. The first kappa shape index (κ1) is 17.4. The molecule has 0 aromatic heterocycles. The van der Waals surface area contributed by atoms with Crippen LogP contribution in [0.4, 0.5) is 0 Å². The topological polar surface area (TPSA) is 41.1 Å². The van der Waals surface area contributed by atoms with Gasteiger partial charge in [-0.3, -0.25) is 4.79 Å². The van der Waals surface area contributed by atoms with Crippen LogP contribution in [0.2, 0.25) is 0 Å². The van der Waals surface area contributed by atoms with E-state index >= 15 is 0 Å². The fourth-order valence-corrected chi connectivity index (χ4v) is 2.43. The van der Waals surface area contributed by atoms with E-state index in [0.29, 0.717) is 5.11 Å². The number of nitrogens with one attached hydrogen (secondary N) is 2. The summed E-state index contributed by atoms with van der Waals surface area (Å²) in [6.45, 7) is 8.55. The van der Waals surface area contributed by atoms with Crippen molar-refractivity contribution < 1.29 is 4.79 Å². The molecule has 0 bridgehead atoms. The number of carbonyl (C=O) groups is 1. The molecule has 0 heterocycles. The highest BCUT2D eigenvalue weighted by atomic mass is 32.1. The van der Waals surface area contributed by atoms with Crippen molar-refractivity contribution in [1.82, 2.24) is 10.6 Å². The van der Waals surface area contributed by atoms with E-state index in [4.69, 9.17) is 0 Å². The quantitative estimate of drug-likeness (QED) is 0.618. The molecule has 114 valence electrons. The third kappa shape index (κ3) is 6.08. The Balaban J connectivity index is 0.000000222. The first-order valence-electron chi connectivity index (χ1n) is 7.21. The zero-order valence-corrected chi connectivity index (χ0v) is 14.1. The van der Waals surface area contributed by atoms with Crippen molar-refractivity contribution in [3.8, 4) is 0 Å². The maximum atomic E-state index is 10.3. The SMILES string of the molecule is CC1=C(C)Cc2ccccc2C1.CCNC(=S)NC(C)=O. The summed E-state index contributed by atoms with van der Waals surface area (Å²) in [5.41, 5.74) is 6.13. The molecule has 0 spiro atoms. The van der Waals surface area contributed by atoms with Gasteiger partial charge in [0.15, 0.2) is 5.11 Å². The average molecular weight is 304 g/mol. The molecule has 4 heteroatoms. The molecule has 0 aliphatic heterocycles. The van der Waals surface area contributed by atoms with Crippen LogP contribution in [0.25, 0.3) is 0 Å². The largest absolute Gasteiger partial charge is 0.363 e. The molecule has 3 nitrogen and oxygen atoms in total. The Morgan fingerprint density at radius 2 is 1.62 bits per heavy atom. The molecule has 1 aromatic carbocycles. The average Bonchev–Trinajstić information content (AvgIpc) is 2.40. The first-order chi connectivity index (χ1) is 9.93. The van der Waals surface area contributed by atoms with Crippen molar-refractivity contribution in [2.45, 2.75) is 40.5 Å². The number of thiocarbonyl (C=S) groups is 1. The Hall–Kier alpha value is -1.68. The lowest BCUT2D eigenvalue weighted by Crippen LogP contribution is -2.37. The molecule has 0 saturated carbocycles. The van der Waals surface area contributed by atoms with E-state index in [1.165, 1.54) is 18.1 Å². The number of hydrogen-bond donors (Lipinski definition) is 2. The second-order valence-corrected chi connectivity index (χ2v) is 5.63. The van der Waals surface area contributed by atoms with Gasteiger partial charge in [0, 0.05) is 13.5 Å². The molecule has 1 aliphatic carbocycles. The molecule has 21 heavy (non-hydrogen) atoms. The maximum Gasteiger partial charge on any atom is 0.222 e. The minimum atomic E-state index is -0.138. The smallest absolute Gasteiger partial charge is 0.222 e. The predicted octanol–water partition coefficient (Wildman–Crippen LogP) is 3.14. The van der Waals surface area contributed by atoms with E-state index in [9.17, 15) is 4.79 Å². The summed E-state index contributed by atoms with van der Waals surface area (Å²) in [4.78, 5) is 10.3. The summed E-state index contributed by atoms with van der Waals surface area (Å²) in [5.74, 6) is -0.138. The van der Waals surface area contributed by atoms with Crippen LogP contribution < -0.4 is 10.6 Å². The van der Waals surface area contributed by atoms with Crippen molar-refractivity contribution in [2.24, 2.45) is 0 Å². The third-order valence-corrected chi connectivity index (χ3v) is 3.63. The lowest BCUT2D eigenvalue weighted by atomic mass is 9.88. The van der Waals surface area contributed by atoms with Gasteiger partial charge in [-0.25, -0.2) is 0 Å². The van der Waals surface area contributed by atoms with Gasteiger partial charge in [-0.1, -0.05) is 35.4 Å². The summed E-state index contributed by atoms with van der Waals surface area (Å²) in [6.07, 6.45) is 2.31. The number of fused-ring (bicyclic) bond motifs is 1. The molecule has 2 N–H and O–H groups in total. The Bertz CT molecular complexity index is 516. The van der Waals surface area contributed by atoms with Gasteiger partial charge in [0.05, 0.1) is 0 Å². The van der Waals surface area contributed by atoms with Crippen molar-refractivity contribution in [3.63, 3.8) is 0 Å². The third-order valence-electron chi connectivity index (χ3n) is 3.39. The van der Waals surface area contributed by atoms with Gasteiger partial charge in [0.1, 0.15) is 0 Å². The van der Waals surface area contributed by atoms with Crippen LogP contribution in [-0.4, -0.2) is 17.6 Å². The minimum Gasteiger partial charge on any atom is -0.363 e. The van der Waals surface area contributed by atoms with Crippen LogP contribution in [0.15, 0.2) is 35.4 Å². The van der Waals surface area contributed by atoms with Gasteiger partial charge < -0.3 is 10.6 Å². The molecule has 0 atom stereocenters. The van der Waals surface area contributed by atoms with E-state index in [-0.39, 0.29) is 5.91 Å². The predicted molar refractivity (Wildman–Crippen MR) is 92.3 cm³/mol. The number of rotatable bonds is 1. The number of benzene rings is 1. The van der Waals surface area contributed by atoms with Crippen molar-refractivity contribution in [1.29, 1.82) is 0 Å². The number of carbonyl (C=O) groups excluding carboxylic acids is 1. The highest BCUT2D eigenvalue weighted by Gasteiger charge is 2.10. The summed E-state index contributed by atoms with van der Waals surface area (Å²) >= 11 is 4.69. The van der Waals surface area contributed by atoms with Gasteiger partial charge >= 0.3 is 0 Å². The summed E-state index contributed by atoms with van der Waals surface area (Å²) < 4.78 is 0. The molecule has 1 aromatic rings. The van der Waals surface area contributed by atoms with Gasteiger partial charge in [-0.05, 0) is 57.0 Å². The lowest BCUT2D eigenvalue weighted by Gasteiger charge is -2.18. The minimum absolute atomic E-state index is 0.138. The molecule has 0 saturated heterocycles. The molecular weight excluding hydrogens is 280 g/mol. The first-order valence-corrected chi connectivity index (χ1v) is 7.62. The molecule has 0 fully saturated rings. The number of allylic oxidation sites excluding steroid dienone is 2. The Morgan fingerprint density at radius 1 is 1.14 bits per heavy atom. The zero-order valence-electron chi connectivity index (χ0n) is 13.2. The summed E-state index contributed by atoms with van der Waals surface area (Å²) in [6, 6.07) is 8.75. The van der Waals surface area contributed by atoms with E-state index in [1.54, 1.807) is 11.1 Å². The van der Waals surface area contributed by atoms with Crippen LogP contribution in [0, 0.1) is 0 Å². The van der Waals surface area contributed by atoms with E-state index < -0.39 is 0 Å². The summed E-state index contributed by atoms with van der Waals surface area (Å²) in [7, 11) is 0. The molecule has 2 rings (SSSR count). The molecule has 0 radical (unpaired) electrons. The molecule has 1 amide bonds. The van der Waals surface area contributed by atoms with Crippen LogP contribution >= 0.6 is 12.2 Å². The van der Waals surface area contributed by atoms with E-state index in [1.807, 2.05) is 6.92 Å². The fourth-order valence-electron chi connectivity index (χ4n) is 2.14. The van der Waals surface area contributed by atoms with Crippen molar-refractivity contribution >= 4 is 23.2 Å². The number of hydrogen-bond acceptors (Lipinski definition) is 2. The molecule has 1 aliphatic rings. The molecular formula is C17H24N2OS. The van der Waals surface area contributed by atoms with Gasteiger partial charge in [-0.15, -0.1) is 0 Å². The second-order valence-electron chi connectivity index (χ2n) is 5.22. The van der Waals surface area contributed by atoms with Crippen LogP contribution in [0.5, 0.6) is 0 Å². The Morgan fingerprint density at radius 3 is 2.00 bits per heavy atom. The van der Waals surface area contributed by atoms with Crippen LogP contribution in [0.1, 0.15) is 38.8 Å². The normalized spacial score (nSPS) is 12.8. The van der Waals surface area contributed by atoms with Gasteiger partial charge in [0.25, 0.3) is 0 Å². The van der Waals surface area contributed by atoms with Crippen LogP contribution in [-0.2, 0) is 17.6 Å². The monoisotopic (exact) mass is 304 g/mol. The van der Waals surface area contributed by atoms with E-state index in [0.717, 1.165) is 19.4 Å². The zero-order chi connectivity index (χ0) is 15.8. The standard InChI is InChI=1S/C12H14.C5H10N2OS/c1-9-7-11-5-3-4-6-12(11)8-10(9)2;1-3-6-5(9)7-4(2)8/h3-6H,7-8H2,1-2H3;3H2,1-2H3,(H2,6,7,8,9). The maximum absolute atomic E-state index is 10.3. The van der Waals surface area contributed by atoms with E-state index in [2.05, 4.69) is 61.0 Å². The van der Waals surface area contributed by atoms with Gasteiger partial charge in [-0.2, -0.15) is 0 Å². The molecule has 0 unspecified atom stereocenters. The second kappa shape index (κ2) is 8.57. The fraction of sp³-hybridized carbons (Fsp3) is 0.412. The van der Waals surface area contributed by atoms with Gasteiger partial charge in [0.2, 0.25) is 5.91 Å². The highest BCUT2D eigenvalue weighted by molar-refractivity contribution is 7.80. The lowest BCUT2D eigenvalue weighted by molar-refractivity contribution is -0.117. The van der Waals surface area contributed by atoms with Crippen molar-refractivity contribution in [2.75, 3.05) is 6.54 Å². The van der Waals surface area contributed by atoms with Crippen molar-refractivity contribution in [3.05, 3.63) is 46.5 Å². The van der Waals surface area contributed by atoms with Crippen LogP contribution in [0.3, 0.4) is 0 Å². The Kier molecular flexibility index (Phi) is 7.09.